The number of alkyl halides is 3. The lowest BCUT2D eigenvalue weighted by atomic mass is 10.1. The van der Waals surface area contributed by atoms with E-state index in [0.717, 1.165) is 39.7 Å². The van der Waals surface area contributed by atoms with E-state index in [1.165, 1.54) is 17.0 Å². The van der Waals surface area contributed by atoms with E-state index in [0.29, 0.717) is 19.5 Å². The van der Waals surface area contributed by atoms with Gasteiger partial charge in [-0.15, -0.1) is 0 Å². The molecule has 4 aromatic rings. The number of benzene rings is 3. The number of nitrogens with zero attached hydrogens (tertiary/aromatic N) is 2. The number of carbonyl (C=O) groups is 2. The first kappa shape index (κ1) is 28.7. The SMILES string of the molecule is Cc1ccc(CN(CCc2c[nH]c3ccccc23)C(=O)CN(C(=O)Nc2cccc(C(F)(F)F)c2)C(C)C)cc1. The molecule has 210 valence electrons. The number of carbonyl (C=O) groups excluding carboxylic acids is 2. The summed E-state index contributed by atoms with van der Waals surface area (Å²) in [5.41, 5.74) is 3.32. The van der Waals surface area contributed by atoms with Crippen molar-refractivity contribution in [3.63, 3.8) is 0 Å². The molecule has 9 heteroatoms. The van der Waals surface area contributed by atoms with E-state index >= 15 is 0 Å². The van der Waals surface area contributed by atoms with Crippen LogP contribution < -0.4 is 5.32 Å². The summed E-state index contributed by atoms with van der Waals surface area (Å²) in [6, 6.07) is 19.3. The Bertz CT molecular complexity index is 1460. The van der Waals surface area contributed by atoms with E-state index in [1.807, 2.05) is 61.7 Å². The Labute approximate surface area is 231 Å². The van der Waals surface area contributed by atoms with Gasteiger partial charge in [-0.05, 0) is 62.6 Å². The Hall–Kier alpha value is -4.27. The molecule has 3 amide bonds. The molecule has 0 fully saturated rings. The predicted molar refractivity (Wildman–Crippen MR) is 151 cm³/mol. The topological polar surface area (TPSA) is 68.4 Å². The van der Waals surface area contributed by atoms with Crippen molar-refractivity contribution < 1.29 is 22.8 Å². The summed E-state index contributed by atoms with van der Waals surface area (Å²) in [7, 11) is 0. The lowest BCUT2D eigenvalue weighted by Gasteiger charge is -2.30. The van der Waals surface area contributed by atoms with Crippen LogP contribution >= 0.6 is 0 Å². The molecule has 4 rings (SSSR count). The molecule has 0 unspecified atom stereocenters. The van der Waals surface area contributed by atoms with Crippen molar-refractivity contribution in [2.45, 2.75) is 46.0 Å². The molecule has 2 N–H and O–H groups in total. The van der Waals surface area contributed by atoms with Gasteiger partial charge in [0.15, 0.2) is 0 Å². The van der Waals surface area contributed by atoms with Gasteiger partial charge < -0.3 is 20.1 Å². The number of hydrogen-bond donors (Lipinski definition) is 2. The number of aromatic amines is 1. The van der Waals surface area contributed by atoms with Crippen molar-refractivity contribution in [1.82, 2.24) is 14.8 Å². The molecular formula is C31H33F3N4O2. The third-order valence-electron chi connectivity index (χ3n) is 6.80. The van der Waals surface area contributed by atoms with E-state index in [9.17, 15) is 22.8 Å². The second-order valence-corrected chi connectivity index (χ2v) is 10.1. The molecule has 0 aliphatic rings. The van der Waals surface area contributed by atoms with Crippen LogP contribution in [0, 0.1) is 6.92 Å². The molecule has 3 aromatic carbocycles. The first-order valence-corrected chi connectivity index (χ1v) is 13.1. The number of amides is 3. The van der Waals surface area contributed by atoms with Gasteiger partial charge in [0.2, 0.25) is 5.91 Å². The number of aryl methyl sites for hydroxylation is 1. The van der Waals surface area contributed by atoms with Crippen LogP contribution in [-0.2, 0) is 23.9 Å². The minimum Gasteiger partial charge on any atom is -0.361 e. The van der Waals surface area contributed by atoms with Crippen LogP contribution in [0.15, 0.2) is 79.0 Å². The number of rotatable bonds is 9. The summed E-state index contributed by atoms with van der Waals surface area (Å²) in [6.45, 7) is 6.08. The van der Waals surface area contributed by atoms with Gasteiger partial charge in [-0.1, -0.05) is 54.1 Å². The molecule has 0 aliphatic carbocycles. The largest absolute Gasteiger partial charge is 0.416 e. The highest BCUT2D eigenvalue weighted by atomic mass is 19.4. The molecule has 0 saturated carbocycles. The Morgan fingerprint density at radius 3 is 2.40 bits per heavy atom. The first-order valence-electron chi connectivity index (χ1n) is 13.1. The molecular weight excluding hydrogens is 517 g/mol. The van der Waals surface area contributed by atoms with Crippen molar-refractivity contribution in [1.29, 1.82) is 0 Å². The lowest BCUT2D eigenvalue weighted by molar-refractivity contribution is -0.137. The van der Waals surface area contributed by atoms with Gasteiger partial charge in [0.05, 0.1) is 5.56 Å². The van der Waals surface area contributed by atoms with Crippen LogP contribution in [0.5, 0.6) is 0 Å². The molecule has 0 spiro atoms. The van der Waals surface area contributed by atoms with Crippen molar-refractivity contribution in [3.8, 4) is 0 Å². The van der Waals surface area contributed by atoms with E-state index in [4.69, 9.17) is 0 Å². The van der Waals surface area contributed by atoms with Gasteiger partial charge in [0, 0.05) is 41.9 Å². The summed E-state index contributed by atoms with van der Waals surface area (Å²) in [5.74, 6) is -0.256. The number of fused-ring (bicyclic) bond motifs is 1. The molecule has 6 nitrogen and oxygen atoms in total. The summed E-state index contributed by atoms with van der Waals surface area (Å²) < 4.78 is 39.4. The number of H-pyrrole nitrogens is 1. The van der Waals surface area contributed by atoms with Gasteiger partial charge in [0.1, 0.15) is 6.54 Å². The smallest absolute Gasteiger partial charge is 0.361 e. The van der Waals surface area contributed by atoms with Crippen LogP contribution in [0.1, 0.15) is 36.1 Å². The molecule has 0 saturated heterocycles. The third-order valence-corrected chi connectivity index (χ3v) is 6.80. The van der Waals surface area contributed by atoms with Crippen LogP contribution in [0.2, 0.25) is 0 Å². The molecule has 0 atom stereocenters. The Morgan fingerprint density at radius 2 is 1.70 bits per heavy atom. The standard InChI is InChI=1S/C31H33F3N4O2/c1-21(2)38(30(40)36-26-8-6-7-25(17-26)31(32,33)34)20-29(39)37(19-23-13-11-22(3)12-14-23)16-15-24-18-35-28-10-5-4-9-27(24)28/h4-14,17-18,21,35H,15-16,19-20H2,1-3H3,(H,36,40). The monoisotopic (exact) mass is 550 g/mol. The van der Waals surface area contributed by atoms with Gasteiger partial charge in [0.25, 0.3) is 0 Å². The molecule has 1 heterocycles. The maximum Gasteiger partial charge on any atom is 0.416 e. The Balaban J connectivity index is 1.51. The number of aromatic nitrogens is 1. The number of nitrogens with one attached hydrogen (secondary N) is 2. The minimum atomic E-state index is -4.53. The van der Waals surface area contributed by atoms with Crippen molar-refractivity contribution in [2.75, 3.05) is 18.4 Å². The third kappa shape index (κ3) is 7.22. The summed E-state index contributed by atoms with van der Waals surface area (Å²) in [5, 5.41) is 3.61. The molecule has 0 aliphatic heterocycles. The number of anilines is 1. The number of halogens is 3. The molecule has 0 bridgehead atoms. The van der Waals surface area contributed by atoms with Crippen LogP contribution in [0.3, 0.4) is 0 Å². The fourth-order valence-electron chi connectivity index (χ4n) is 4.50. The van der Waals surface area contributed by atoms with Gasteiger partial charge >= 0.3 is 12.2 Å². The second-order valence-electron chi connectivity index (χ2n) is 10.1. The van der Waals surface area contributed by atoms with Crippen molar-refractivity contribution in [3.05, 3.63) is 101 Å². The normalized spacial score (nSPS) is 11.6. The summed E-state index contributed by atoms with van der Waals surface area (Å²) >= 11 is 0. The highest BCUT2D eigenvalue weighted by Gasteiger charge is 2.31. The van der Waals surface area contributed by atoms with E-state index in [-0.39, 0.29) is 24.2 Å². The Kier molecular flexibility index (Phi) is 8.82. The van der Waals surface area contributed by atoms with Crippen LogP contribution in [0.25, 0.3) is 10.9 Å². The zero-order valence-corrected chi connectivity index (χ0v) is 22.8. The van der Waals surface area contributed by atoms with E-state index in [1.54, 1.807) is 18.7 Å². The first-order chi connectivity index (χ1) is 19.0. The molecule has 1 aromatic heterocycles. The summed E-state index contributed by atoms with van der Waals surface area (Å²) in [4.78, 5) is 33.1. The van der Waals surface area contributed by atoms with E-state index < -0.39 is 17.8 Å². The average molecular weight is 551 g/mol. The Morgan fingerprint density at radius 1 is 0.975 bits per heavy atom. The zero-order valence-electron chi connectivity index (χ0n) is 22.8. The van der Waals surface area contributed by atoms with E-state index in [2.05, 4.69) is 10.3 Å². The average Bonchev–Trinajstić information content (AvgIpc) is 3.33. The number of hydrogen-bond acceptors (Lipinski definition) is 2. The predicted octanol–water partition coefficient (Wildman–Crippen LogP) is 7.01. The number of para-hydroxylation sites is 1. The lowest BCUT2D eigenvalue weighted by Crippen LogP contribution is -2.47. The molecule has 40 heavy (non-hydrogen) atoms. The molecule has 0 radical (unpaired) electrons. The quantitative estimate of drug-likeness (QED) is 0.235. The fourth-order valence-corrected chi connectivity index (χ4v) is 4.50. The van der Waals surface area contributed by atoms with Gasteiger partial charge in [-0.3, -0.25) is 4.79 Å². The maximum atomic E-state index is 13.6. The zero-order chi connectivity index (χ0) is 28.9. The summed E-state index contributed by atoms with van der Waals surface area (Å²) in [6.07, 6.45) is -1.97. The van der Waals surface area contributed by atoms with Crippen LogP contribution in [-0.4, -0.2) is 45.9 Å². The van der Waals surface area contributed by atoms with Gasteiger partial charge in [-0.2, -0.15) is 13.2 Å². The fraction of sp³-hybridized carbons (Fsp3) is 0.290. The van der Waals surface area contributed by atoms with Crippen molar-refractivity contribution in [2.24, 2.45) is 0 Å². The van der Waals surface area contributed by atoms with Crippen molar-refractivity contribution >= 4 is 28.5 Å². The minimum absolute atomic E-state index is 0.00812. The number of urea groups is 1. The highest BCUT2D eigenvalue weighted by molar-refractivity contribution is 5.92. The maximum absolute atomic E-state index is 13.6. The van der Waals surface area contributed by atoms with Gasteiger partial charge in [-0.25, -0.2) is 4.79 Å². The highest BCUT2D eigenvalue weighted by Crippen LogP contribution is 2.30. The second kappa shape index (κ2) is 12.3. The van der Waals surface area contributed by atoms with Crippen LogP contribution in [0.4, 0.5) is 23.7 Å².